The number of piperidine rings is 1. The lowest BCUT2D eigenvalue weighted by molar-refractivity contribution is -0.146. The quantitative estimate of drug-likeness (QED) is 0.739. The monoisotopic (exact) mass is 242 g/mol. The molecule has 0 radical (unpaired) electrons. The van der Waals surface area contributed by atoms with E-state index in [1.807, 2.05) is 13.8 Å². The third kappa shape index (κ3) is 4.00. The van der Waals surface area contributed by atoms with E-state index in [1.165, 1.54) is 0 Å². The van der Waals surface area contributed by atoms with Crippen molar-refractivity contribution in [1.29, 1.82) is 0 Å². The maximum atomic E-state index is 12.1. The first-order valence-electron chi connectivity index (χ1n) is 6.28. The first-order chi connectivity index (χ1) is 8.06. The zero-order valence-corrected chi connectivity index (χ0v) is 10.6. The predicted molar refractivity (Wildman–Crippen MR) is 64.6 cm³/mol. The van der Waals surface area contributed by atoms with E-state index in [0.29, 0.717) is 26.1 Å². The summed E-state index contributed by atoms with van der Waals surface area (Å²) < 4.78 is 0. The molecule has 0 spiro atoms. The Kier molecular flexibility index (Phi) is 5.41. The van der Waals surface area contributed by atoms with Crippen molar-refractivity contribution < 1.29 is 14.7 Å². The van der Waals surface area contributed by atoms with Gasteiger partial charge in [0, 0.05) is 25.6 Å². The van der Waals surface area contributed by atoms with Gasteiger partial charge in [-0.2, -0.15) is 0 Å². The van der Waals surface area contributed by atoms with Crippen molar-refractivity contribution in [2.24, 2.45) is 11.8 Å². The van der Waals surface area contributed by atoms with Gasteiger partial charge in [0.1, 0.15) is 0 Å². The van der Waals surface area contributed by atoms with Gasteiger partial charge in [-0.05, 0) is 19.4 Å². The Morgan fingerprint density at radius 1 is 1.53 bits per heavy atom. The highest BCUT2D eigenvalue weighted by atomic mass is 16.4. The fourth-order valence-electron chi connectivity index (χ4n) is 2.14. The average molecular weight is 242 g/mol. The van der Waals surface area contributed by atoms with E-state index in [-0.39, 0.29) is 17.7 Å². The number of hydrogen-bond donors (Lipinski definition) is 2. The lowest BCUT2D eigenvalue weighted by Gasteiger charge is -2.32. The topological polar surface area (TPSA) is 69.6 Å². The summed E-state index contributed by atoms with van der Waals surface area (Å²) in [5.41, 5.74) is 0. The van der Waals surface area contributed by atoms with Crippen LogP contribution >= 0.6 is 0 Å². The van der Waals surface area contributed by atoms with Gasteiger partial charge in [-0.1, -0.05) is 13.8 Å². The number of carboxylic acids is 1. The molecule has 0 bridgehead atoms. The van der Waals surface area contributed by atoms with E-state index in [9.17, 15) is 9.59 Å². The number of carbonyl (C=O) groups is 2. The number of hydrogen-bond acceptors (Lipinski definition) is 3. The third-order valence-electron chi connectivity index (χ3n) is 3.20. The summed E-state index contributed by atoms with van der Waals surface area (Å²) >= 11 is 0. The molecule has 5 nitrogen and oxygen atoms in total. The fourth-order valence-corrected chi connectivity index (χ4v) is 2.14. The van der Waals surface area contributed by atoms with E-state index < -0.39 is 5.97 Å². The Balaban J connectivity index is 2.48. The number of carboxylic acid groups (broad SMARTS) is 1. The van der Waals surface area contributed by atoms with Gasteiger partial charge < -0.3 is 15.3 Å². The highest BCUT2D eigenvalue weighted by molar-refractivity contribution is 5.80. The lowest BCUT2D eigenvalue weighted by Crippen LogP contribution is -2.46. The second-order valence-corrected chi connectivity index (χ2v) is 4.67. The summed E-state index contributed by atoms with van der Waals surface area (Å²) in [4.78, 5) is 24.7. The largest absolute Gasteiger partial charge is 0.481 e. The van der Waals surface area contributed by atoms with Gasteiger partial charge in [0.25, 0.3) is 0 Å². The molecular weight excluding hydrogens is 220 g/mol. The number of nitrogens with zero attached hydrogens (tertiary/aromatic N) is 1. The van der Waals surface area contributed by atoms with Crippen LogP contribution in [0, 0.1) is 11.8 Å². The fraction of sp³-hybridized carbons (Fsp3) is 0.833. The number of carbonyl (C=O) groups excluding carboxylic acids is 1. The molecule has 0 saturated carbocycles. The van der Waals surface area contributed by atoms with Gasteiger partial charge in [0.2, 0.25) is 5.91 Å². The van der Waals surface area contributed by atoms with Crippen LogP contribution in [0.25, 0.3) is 0 Å². The van der Waals surface area contributed by atoms with Crippen molar-refractivity contribution in [3.05, 3.63) is 0 Å². The maximum Gasteiger partial charge on any atom is 0.308 e. The Labute approximate surface area is 102 Å². The van der Waals surface area contributed by atoms with E-state index in [0.717, 1.165) is 13.0 Å². The summed E-state index contributed by atoms with van der Waals surface area (Å²) in [6.45, 7) is 6.44. The average Bonchev–Trinajstić information content (AvgIpc) is 2.35. The van der Waals surface area contributed by atoms with Crippen LogP contribution in [0.5, 0.6) is 0 Å². The van der Waals surface area contributed by atoms with Crippen molar-refractivity contribution in [3.8, 4) is 0 Å². The van der Waals surface area contributed by atoms with E-state index in [1.54, 1.807) is 4.90 Å². The maximum absolute atomic E-state index is 12.1. The van der Waals surface area contributed by atoms with Crippen LogP contribution in [0.4, 0.5) is 0 Å². The second kappa shape index (κ2) is 6.59. The summed E-state index contributed by atoms with van der Waals surface area (Å²) in [6, 6.07) is 0. The van der Waals surface area contributed by atoms with Gasteiger partial charge in [-0.25, -0.2) is 0 Å². The molecule has 2 N–H and O–H groups in total. The number of likely N-dealkylation sites (tertiary alicyclic amines) is 1. The molecule has 1 heterocycles. The van der Waals surface area contributed by atoms with Gasteiger partial charge in [-0.3, -0.25) is 9.59 Å². The Morgan fingerprint density at radius 3 is 2.82 bits per heavy atom. The molecule has 0 aromatic heterocycles. The molecule has 5 heteroatoms. The lowest BCUT2D eigenvalue weighted by atomic mass is 9.97. The smallest absolute Gasteiger partial charge is 0.308 e. The molecule has 2 atom stereocenters. The van der Waals surface area contributed by atoms with Gasteiger partial charge >= 0.3 is 5.97 Å². The highest BCUT2D eigenvalue weighted by Gasteiger charge is 2.29. The Hall–Kier alpha value is -1.10. The summed E-state index contributed by atoms with van der Waals surface area (Å²) in [5, 5.41) is 12.1. The summed E-state index contributed by atoms with van der Waals surface area (Å²) in [7, 11) is 0. The molecule has 1 aliphatic heterocycles. The van der Waals surface area contributed by atoms with E-state index in [4.69, 9.17) is 5.11 Å². The molecule has 1 fully saturated rings. The first kappa shape index (κ1) is 14.0. The predicted octanol–water partition coefficient (Wildman–Crippen LogP) is 0.555. The molecule has 0 aliphatic carbocycles. The van der Waals surface area contributed by atoms with Gasteiger partial charge in [0.15, 0.2) is 0 Å². The molecule has 0 aromatic rings. The normalized spacial score (nSPS) is 22.2. The summed E-state index contributed by atoms with van der Waals surface area (Å²) in [5.74, 6) is -1.19. The first-order valence-corrected chi connectivity index (χ1v) is 6.28. The number of amides is 1. The molecular formula is C12H22N2O3. The van der Waals surface area contributed by atoms with E-state index >= 15 is 0 Å². The molecule has 2 unspecified atom stereocenters. The molecule has 1 aliphatic rings. The van der Waals surface area contributed by atoms with Gasteiger partial charge in [-0.15, -0.1) is 0 Å². The van der Waals surface area contributed by atoms with Crippen LogP contribution < -0.4 is 5.32 Å². The molecule has 0 aromatic carbocycles. The van der Waals surface area contributed by atoms with Crippen LogP contribution in [0.2, 0.25) is 0 Å². The van der Waals surface area contributed by atoms with Crippen molar-refractivity contribution in [3.63, 3.8) is 0 Å². The van der Waals surface area contributed by atoms with Crippen LogP contribution in [0.15, 0.2) is 0 Å². The minimum Gasteiger partial charge on any atom is -0.481 e. The van der Waals surface area contributed by atoms with Crippen molar-refractivity contribution >= 4 is 11.9 Å². The molecule has 1 saturated heterocycles. The Morgan fingerprint density at radius 2 is 2.24 bits per heavy atom. The molecule has 17 heavy (non-hydrogen) atoms. The third-order valence-corrected chi connectivity index (χ3v) is 3.20. The highest BCUT2D eigenvalue weighted by Crippen LogP contribution is 2.18. The SMILES string of the molecule is CCNCC(C)C(=O)N1CCCC(C(=O)O)C1. The molecule has 1 rings (SSSR count). The van der Waals surface area contributed by atoms with Crippen LogP contribution in [-0.4, -0.2) is 48.1 Å². The minimum atomic E-state index is -0.790. The van der Waals surface area contributed by atoms with Crippen molar-refractivity contribution in [2.45, 2.75) is 26.7 Å². The second-order valence-electron chi connectivity index (χ2n) is 4.67. The van der Waals surface area contributed by atoms with Crippen molar-refractivity contribution in [2.75, 3.05) is 26.2 Å². The Bertz CT molecular complexity index is 281. The van der Waals surface area contributed by atoms with Crippen LogP contribution in [0.3, 0.4) is 0 Å². The zero-order chi connectivity index (χ0) is 12.8. The molecule has 98 valence electrons. The molecule has 1 amide bonds. The standard InChI is InChI=1S/C12H22N2O3/c1-3-13-7-9(2)11(15)14-6-4-5-10(8-14)12(16)17/h9-10,13H,3-8H2,1-2H3,(H,16,17). The summed E-state index contributed by atoms with van der Waals surface area (Å²) in [6.07, 6.45) is 1.47. The number of nitrogens with one attached hydrogen (secondary N) is 1. The number of aliphatic carboxylic acids is 1. The van der Waals surface area contributed by atoms with E-state index in [2.05, 4.69) is 5.32 Å². The number of rotatable bonds is 5. The van der Waals surface area contributed by atoms with Crippen LogP contribution in [0.1, 0.15) is 26.7 Å². The van der Waals surface area contributed by atoms with Gasteiger partial charge in [0.05, 0.1) is 5.92 Å². The van der Waals surface area contributed by atoms with Crippen molar-refractivity contribution in [1.82, 2.24) is 10.2 Å². The minimum absolute atomic E-state index is 0.0666. The van der Waals surface area contributed by atoms with Crippen LogP contribution in [-0.2, 0) is 9.59 Å². The zero-order valence-electron chi connectivity index (χ0n) is 10.6.